The second-order valence-electron chi connectivity index (χ2n) is 3.86. The summed E-state index contributed by atoms with van der Waals surface area (Å²) in [5.74, 6) is -0.0713. The minimum Gasteiger partial charge on any atom is -0.465 e. The number of hydrogen-bond acceptors (Lipinski definition) is 6. The number of aliphatic hydroxyl groups is 2. The third-order valence-electron chi connectivity index (χ3n) is 2.61. The van der Waals surface area contributed by atoms with Crippen molar-refractivity contribution in [3.05, 3.63) is 29.3 Å². The molecule has 0 saturated heterocycles. The fraction of sp³-hybridized carbons (Fsp3) is 0.417. The van der Waals surface area contributed by atoms with Gasteiger partial charge in [0.2, 0.25) is 0 Å². The van der Waals surface area contributed by atoms with Gasteiger partial charge in [0, 0.05) is 5.69 Å². The first-order valence-electron chi connectivity index (χ1n) is 5.46. The van der Waals surface area contributed by atoms with Crippen LogP contribution in [0.3, 0.4) is 0 Å². The number of carbonyl (C=O) groups excluding carboxylic acids is 1. The van der Waals surface area contributed by atoms with E-state index in [1.807, 2.05) is 0 Å². The lowest BCUT2D eigenvalue weighted by atomic mass is 10.00. The number of hydrogen-bond donors (Lipinski definition) is 4. The number of benzene rings is 1. The molecule has 18 heavy (non-hydrogen) atoms. The molecular formula is C12H17NO4S. The van der Waals surface area contributed by atoms with Gasteiger partial charge in [0.15, 0.2) is 0 Å². The van der Waals surface area contributed by atoms with E-state index in [0.717, 1.165) is 0 Å². The van der Waals surface area contributed by atoms with E-state index in [-0.39, 0.29) is 11.3 Å². The highest BCUT2D eigenvalue weighted by molar-refractivity contribution is 7.80. The van der Waals surface area contributed by atoms with Crippen LogP contribution in [0.4, 0.5) is 5.69 Å². The molecule has 0 fully saturated rings. The molecule has 1 aromatic carbocycles. The maximum atomic E-state index is 11.3. The standard InChI is InChI=1S/C12H17NO4S/c1-17-12(16)8-3-2-7(6-9(8)13)11(15)10(14)4-5-18/h2-3,6,10-11,14-15,18H,4-5,13H2,1H3. The Balaban J connectivity index is 2.93. The van der Waals surface area contributed by atoms with Crippen molar-refractivity contribution >= 4 is 24.3 Å². The Morgan fingerprint density at radius 3 is 2.67 bits per heavy atom. The Bertz CT molecular complexity index is 425. The van der Waals surface area contributed by atoms with Crippen LogP contribution in [0.1, 0.15) is 28.4 Å². The number of ether oxygens (including phenoxy) is 1. The molecule has 100 valence electrons. The highest BCUT2D eigenvalue weighted by Crippen LogP contribution is 2.23. The van der Waals surface area contributed by atoms with Crippen molar-refractivity contribution in [1.82, 2.24) is 0 Å². The van der Waals surface area contributed by atoms with Crippen LogP contribution in [0.2, 0.25) is 0 Å². The van der Waals surface area contributed by atoms with Gasteiger partial charge in [-0.2, -0.15) is 12.6 Å². The Kier molecular flexibility index (Phi) is 5.46. The summed E-state index contributed by atoms with van der Waals surface area (Å²) in [5, 5.41) is 19.5. The summed E-state index contributed by atoms with van der Waals surface area (Å²) in [6.45, 7) is 0. The van der Waals surface area contributed by atoms with E-state index in [4.69, 9.17) is 5.73 Å². The number of nitrogen functional groups attached to an aromatic ring is 1. The maximum absolute atomic E-state index is 11.3. The van der Waals surface area contributed by atoms with Gasteiger partial charge < -0.3 is 20.7 Å². The highest BCUT2D eigenvalue weighted by atomic mass is 32.1. The topological polar surface area (TPSA) is 92.8 Å². The molecule has 0 spiro atoms. The van der Waals surface area contributed by atoms with Crippen molar-refractivity contribution in [2.45, 2.75) is 18.6 Å². The van der Waals surface area contributed by atoms with E-state index in [0.29, 0.717) is 17.7 Å². The molecule has 0 aliphatic heterocycles. The van der Waals surface area contributed by atoms with Crippen LogP contribution in [0, 0.1) is 0 Å². The average Bonchev–Trinajstić information content (AvgIpc) is 2.37. The molecule has 0 amide bonds. The fourth-order valence-corrected chi connectivity index (χ4v) is 1.84. The first-order valence-corrected chi connectivity index (χ1v) is 6.09. The van der Waals surface area contributed by atoms with Gasteiger partial charge in [-0.15, -0.1) is 0 Å². The molecule has 6 heteroatoms. The highest BCUT2D eigenvalue weighted by Gasteiger charge is 2.19. The van der Waals surface area contributed by atoms with Crippen molar-refractivity contribution in [2.24, 2.45) is 0 Å². The van der Waals surface area contributed by atoms with Crippen molar-refractivity contribution in [1.29, 1.82) is 0 Å². The number of nitrogens with two attached hydrogens (primary N) is 1. The zero-order valence-corrected chi connectivity index (χ0v) is 10.9. The van der Waals surface area contributed by atoms with Crippen molar-refractivity contribution in [2.75, 3.05) is 18.6 Å². The van der Waals surface area contributed by atoms with E-state index < -0.39 is 18.2 Å². The van der Waals surface area contributed by atoms with E-state index in [9.17, 15) is 15.0 Å². The molecule has 0 aromatic heterocycles. The normalized spacial score (nSPS) is 14.0. The van der Waals surface area contributed by atoms with Gasteiger partial charge in [-0.05, 0) is 29.9 Å². The number of carbonyl (C=O) groups is 1. The molecule has 0 radical (unpaired) electrons. The molecule has 0 bridgehead atoms. The maximum Gasteiger partial charge on any atom is 0.339 e. The van der Waals surface area contributed by atoms with Gasteiger partial charge in [0.05, 0.1) is 18.8 Å². The Labute approximate surface area is 111 Å². The zero-order valence-electron chi connectivity index (χ0n) is 10.0. The fourth-order valence-electron chi connectivity index (χ4n) is 1.57. The summed E-state index contributed by atoms with van der Waals surface area (Å²) < 4.78 is 4.56. The molecule has 2 unspecified atom stereocenters. The summed E-state index contributed by atoms with van der Waals surface area (Å²) in [6.07, 6.45) is -1.60. The Morgan fingerprint density at radius 2 is 2.17 bits per heavy atom. The molecule has 0 aliphatic carbocycles. The third-order valence-corrected chi connectivity index (χ3v) is 2.87. The van der Waals surface area contributed by atoms with Crippen molar-refractivity contribution in [3.63, 3.8) is 0 Å². The van der Waals surface area contributed by atoms with Crippen LogP contribution in [0.5, 0.6) is 0 Å². The van der Waals surface area contributed by atoms with Gasteiger partial charge in [-0.1, -0.05) is 6.07 Å². The van der Waals surface area contributed by atoms with E-state index in [1.165, 1.54) is 25.3 Å². The van der Waals surface area contributed by atoms with Gasteiger partial charge in [0.1, 0.15) is 6.10 Å². The molecule has 5 nitrogen and oxygen atoms in total. The molecule has 1 rings (SSSR count). The second-order valence-corrected chi connectivity index (χ2v) is 4.31. The Hall–Kier alpha value is -1.24. The zero-order chi connectivity index (χ0) is 13.7. The minimum atomic E-state index is -1.05. The summed E-state index contributed by atoms with van der Waals surface area (Å²) in [7, 11) is 1.26. The number of aliphatic hydroxyl groups excluding tert-OH is 2. The molecule has 1 aromatic rings. The third kappa shape index (κ3) is 3.38. The first-order chi connectivity index (χ1) is 8.51. The van der Waals surface area contributed by atoms with E-state index in [1.54, 1.807) is 0 Å². The van der Waals surface area contributed by atoms with Crippen LogP contribution in [0.15, 0.2) is 18.2 Å². The number of methoxy groups -OCH3 is 1. The lowest BCUT2D eigenvalue weighted by Crippen LogP contribution is -2.19. The van der Waals surface area contributed by atoms with Gasteiger partial charge >= 0.3 is 5.97 Å². The molecule has 4 N–H and O–H groups in total. The lowest BCUT2D eigenvalue weighted by Gasteiger charge is -2.18. The number of thiol groups is 1. The monoisotopic (exact) mass is 271 g/mol. The van der Waals surface area contributed by atoms with E-state index in [2.05, 4.69) is 17.4 Å². The van der Waals surface area contributed by atoms with Crippen molar-refractivity contribution in [3.8, 4) is 0 Å². The molecule has 0 saturated carbocycles. The van der Waals surface area contributed by atoms with E-state index >= 15 is 0 Å². The largest absolute Gasteiger partial charge is 0.465 e. The molecule has 0 heterocycles. The molecule has 2 atom stereocenters. The van der Waals surface area contributed by atoms with Crippen molar-refractivity contribution < 1.29 is 19.7 Å². The summed E-state index contributed by atoms with van der Waals surface area (Å²) in [6, 6.07) is 4.46. The van der Waals surface area contributed by atoms with Crippen LogP contribution >= 0.6 is 12.6 Å². The predicted molar refractivity (Wildman–Crippen MR) is 71.6 cm³/mol. The summed E-state index contributed by atoms with van der Waals surface area (Å²) in [4.78, 5) is 11.3. The average molecular weight is 271 g/mol. The second kappa shape index (κ2) is 6.63. The van der Waals surface area contributed by atoms with Gasteiger partial charge in [0.25, 0.3) is 0 Å². The quantitative estimate of drug-likeness (QED) is 0.360. The van der Waals surface area contributed by atoms with Crippen LogP contribution in [0.25, 0.3) is 0 Å². The van der Waals surface area contributed by atoms with Crippen LogP contribution < -0.4 is 5.73 Å². The van der Waals surface area contributed by atoms with Gasteiger partial charge in [-0.3, -0.25) is 0 Å². The summed E-state index contributed by atoms with van der Waals surface area (Å²) >= 11 is 3.99. The lowest BCUT2D eigenvalue weighted by molar-refractivity contribution is 0.0172. The number of anilines is 1. The number of esters is 1. The first kappa shape index (κ1) is 14.8. The molecule has 0 aliphatic rings. The predicted octanol–water partition coefficient (Wildman–Crippen LogP) is 0.770. The molecular weight excluding hydrogens is 254 g/mol. The number of rotatable bonds is 5. The van der Waals surface area contributed by atoms with Gasteiger partial charge in [-0.25, -0.2) is 4.79 Å². The minimum absolute atomic E-state index is 0.205. The van der Waals surface area contributed by atoms with Crippen LogP contribution in [-0.4, -0.2) is 35.1 Å². The SMILES string of the molecule is COC(=O)c1ccc(C(O)C(O)CCS)cc1N. The van der Waals surface area contributed by atoms with Crippen LogP contribution in [-0.2, 0) is 4.74 Å². The summed E-state index contributed by atoms with van der Waals surface area (Å²) in [5.41, 5.74) is 6.59. The Morgan fingerprint density at radius 1 is 1.50 bits per heavy atom. The smallest absolute Gasteiger partial charge is 0.339 e.